The smallest absolute Gasteiger partial charge is 0.229 e. The van der Waals surface area contributed by atoms with Crippen molar-refractivity contribution in [1.29, 1.82) is 0 Å². The minimum Gasteiger partial charge on any atom is -0.493 e. The average Bonchev–Trinajstić information content (AvgIpc) is 2.85. The van der Waals surface area contributed by atoms with Gasteiger partial charge in [0.15, 0.2) is 17.8 Å². The van der Waals surface area contributed by atoms with Crippen LogP contribution in [-0.4, -0.2) is 113 Å². The van der Waals surface area contributed by atoms with Crippen LogP contribution in [0.3, 0.4) is 0 Å². The van der Waals surface area contributed by atoms with E-state index in [2.05, 4.69) is 6.58 Å². The zero-order valence-corrected chi connectivity index (χ0v) is 19.8. The Balaban J connectivity index is 1.75. The summed E-state index contributed by atoms with van der Waals surface area (Å²) in [6, 6.07) is 3.40. The number of aliphatic hydroxyl groups excluding tert-OH is 6. The molecular weight excluding hydrogens is 468 g/mol. The molecular formula is C23H34O12. The molecule has 1 aromatic carbocycles. The second-order valence-corrected chi connectivity index (χ2v) is 8.47. The van der Waals surface area contributed by atoms with Crippen molar-refractivity contribution in [2.75, 3.05) is 20.8 Å². The molecule has 2 heterocycles. The molecule has 0 bridgehead atoms. The van der Waals surface area contributed by atoms with Gasteiger partial charge in [-0.1, -0.05) is 6.08 Å². The number of aliphatic hydroxyl groups is 6. The van der Waals surface area contributed by atoms with Crippen LogP contribution in [0.5, 0.6) is 17.2 Å². The maximum atomic E-state index is 10.5. The minimum absolute atomic E-state index is 0.104. The lowest BCUT2D eigenvalue weighted by molar-refractivity contribution is -0.318. The highest BCUT2D eigenvalue weighted by Crippen LogP contribution is 2.40. The van der Waals surface area contributed by atoms with Gasteiger partial charge in [-0.25, -0.2) is 0 Å². The molecule has 12 nitrogen and oxygen atoms in total. The van der Waals surface area contributed by atoms with Gasteiger partial charge in [0.25, 0.3) is 0 Å². The first-order valence-electron chi connectivity index (χ1n) is 11.2. The van der Waals surface area contributed by atoms with E-state index in [1.807, 2.05) is 0 Å². The Kier molecular flexibility index (Phi) is 9.32. The van der Waals surface area contributed by atoms with E-state index in [9.17, 15) is 30.6 Å². The summed E-state index contributed by atoms with van der Waals surface area (Å²) in [5.74, 6) is 0.670. The molecule has 3 rings (SSSR count). The van der Waals surface area contributed by atoms with Crippen molar-refractivity contribution in [1.82, 2.24) is 0 Å². The predicted octanol–water partition coefficient (Wildman–Crippen LogP) is -1.54. The quantitative estimate of drug-likeness (QED) is 0.215. The van der Waals surface area contributed by atoms with E-state index >= 15 is 0 Å². The van der Waals surface area contributed by atoms with Gasteiger partial charge in [0, 0.05) is 0 Å². The van der Waals surface area contributed by atoms with Crippen LogP contribution in [-0.2, 0) is 20.6 Å². The van der Waals surface area contributed by atoms with E-state index in [0.717, 1.165) is 5.56 Å². The van der Waals surface area contributed by atoms with Crippen LogP contribution in [0.25, 0.3) is 0 Å². The van der Waals surface area contributed by atoms with Gasteiger partial charge in [0.05, 0.1) is 26.9 Å². The number of hydrogen-bond acceptors (Lipinski definition) is 12. The number of ether oxygens (including phenoxy) is 6. The SMILES string of the molecule is C=CCc1cc(OC)c(O[C@@H]2O[C@H](CO[C@@H]3O[C@@H](C)[C@H](O)[C@@H](O)[C@H]3O)[C@@H](O)[C@H](O)[C@H]2O)c(OC)c1. The first-order chi connectivity index (χ1) is 16.6. The Morgan fingerprint density at radius 3 is 1.97 bits per heavy atom. The van der Waals surface area contributed by atoms with Crippen molar-refractivity contribution >= 4 is 0 Å². The Morgan fingerprint density at radius 2 is 1.40 bits per heavy atom. The molecule has 6 N–H and O–H groups in total. The highest BCUT2D eigenvalue weighted by molar-refractivity contribution is 5.54. The summed E-state index contributed by atoms with van der Waals surface area (Å²) in [4.78, 5) is 0. The Hall–Kier alpha value is -2.00. The third-order valence-electron chi connectivity index (χ3n) is 6.04. The number of methoxy groups -OCH3 is 2. The van der Waals surface area contributed by atoms with Gasteiger partial charge in [0.2, 0.25) is 12.0 Å². The largest absolute Gasteiger partial charge is 0.493 e. The maximum Gasteiger partial charge on any atom is 0.229 e. The third-order valence-corrected chi connectivity index (χ3v) is 6.04. The molecule has 0 unspecified atom stereocenters. The summed E-state index contributed by atoms with van der Waals surface area (Å²) >= 11 is 0. The lowest BCUT2D eigenvalue weighted by Crippen LogP contribution is -2.61. The maximum absolute atomic E-state index is 10.5. The normalized spacial score (nSPS) is 37.5. The molecule has 198 valence electrons. The zero-order chi connectivity index (χ0) is 25.9. The number of hydrogen-bond donors (Lipinski definition) is 6. The summed E-state index contributed by atoms with van der Waals surface area (Å²) in [5.41, 5.74) is 0.834. The van der Waals surface area contributed by atoms with Crippen molar-refractivity contribution in [2.24, 2.45) is 0 Å². The van der Waals surface area contributed by atoms with Crippen LogP contribution < -0.4 is 14.2 Å². The average molecular weight is 503 g/mol. The molecule has 35 heavy (non-hydrogen) atoms. The predicted molar refractivity (Wildman–Crippen MR) is 119 cm³/mol. The fraction of sp³-hybridized carbons (Fsp3) is 0.652. The molecule has 1 aromatic rings. The van der Waals surface area contributed by atoms with E-state index in [0.29, 0.717) is 6.42 Å². The molecule has 10 atom stereocenters. The topological polar surface area (TPSA) is 177 Å². The minimum atomic E-state index is -1.66. The summed E-state index contributed by atoms with van der Waals surface area (Å²) < 4.78 is 33.1. The zero-order valence-electron chi connectivity index (χ0n) is 19.8. The summed E-state index contributed by atoms with van der Waals surface area (Å²) in [7, 11) is 2.85. The summed E-state index contributed by atoms with van der Waals surface area (Å²) in [6.45, 7) is 4.79. The molecule has 0 aliphatic carbocycles. The van der Waals surface area contributed by atoms with Crippen molar-refractivity contribution in [3.8, 4) is 17.2 Å². The molecule has 2 saturated heterocycles. The Bertz CT molecular complexity index is 825. The first kappa shape index (κ1) is 27.6. The van der Waals surface area contributed by atoms with Crippen LogP contribution in [0.15, 0.2) is 24.8 Å². The lowest BCUT2D eigenvalue weighted by Gasteiger charge is -2.42. The van der Waals surface area contributed by atoms with Crippen molar-refractivity contribution in [2.45, 2.75) is 74.8 Å². The van der Waals surface area contributed by atoms with Gasteiger partial charge in [-0.3, -0.25) is 0 Å². The fourth-order valence-electron chi connectivity index (χ4n) is 3.94. The molecule has 0 spiro atoms. The van der Waals surface area contributed by atoms with Gasteiger partial charge in [0.1, 0.15) is 42.7 Å². The Morgan fingerprint density at radius 1 is 0.829 bits per heavy atom. The molecule has 0 aromatic heterocycles. The lowest BCUT2D eigenvalue weighted by atomic mass is 9.98. The highest BCUT2D eigenvalue weighted by atomic mass is 16.7. The molecule has 0 amide bonds. The molecule has 12 heteroatoms. The summed E-state index contributed by atoms with van der Waals surface area (Å²) in [5, 5.41) is 61.2. The van der Waals surface area contributed by atoms with Gasteiger partial charge in [-0.15, -0.1) is 6.58 Å². The van der Waals surface area contributed by atoms with E-state index in [-0.39, 0.29) is 17.2 Å². The van der Waals surface area contributed by atoms with Gasteiger partial charge in [-0.05, 0) is 31.0 Å². The molecule has 2 aliphatic heterocycles. The van der Waals surface area contributed by atoms with Crippen LogP contribution in [0.4, 0.5) is 0 Å². The van der Waals surface area contributed by atoms with E-state index in [1.165, 1.54) is 21.1 Å². The van der Waals surface area contributed by atoms with Gasteiger partial charge < -0.3 is 59.1 Å². The monoisotopic (exact) mass is 502 g/mol. The van der Waals surface area contributed by atoms with Crippen LogP contribution in [0.2, 0.25) is 0 Å². The van der Waals surface area contributed by atoms with Crippen molar-refractivity contribution in [3.05, 3.63) is 30.4 Å². The highest BCUT2D eigenvalue weighted by Gasteiger charge is 2.47. The number of benzene rings is 1. The van der Waals surface area contributed by atoms with E-state index < -0.39 is 68.0 Å². The standard InChI is InChI=1S/C23H34O12/c1-5-6-11-7-12(30-3)21(13(8-11)31-4)35-23-20(29)18(27)16(25)14(34-23)9-32-22-19(28)17(26)15(24)10(2)33-22/h5,7-8,10,14-20,22-29H,1,6,9H2,2-4H3/t10-,14+,15-,16+,17+,18-,19+,20+,22+,23-/m0/s1. The second-order valence-electron chi connectivity index (χ2n) is 8.47. The second kappa shape index (κ2) is 11.8. The van der Waals surface area contributed by atoms with Crippen LogP contribution >= 0.6 is 0 Å². The van der Waals surface area contributed by atoms with Crippen LogP contribution in [0.1, 0.15) is 12.5 Å². The fourth-order valence-corrected chi connectivity index (χ4v) is 3.94. The van der Waals surface area contributed by atoms with E-state index in [1.54, 1.807) is 18.2 Å². The Labute approximate surface area is 202 Å². The van der Waals surface area contributed by atoms with Crippen molar-refractivity contribution < 1.29 is 59.1 Å². The van der Waals surface area contributed by atoms with Gasteiger partial charge in [-0.2, -0.15) is 0 Å². The van der Waals surface area contributed by atoms with E-state index in [4.69, 9.17) is 28.4 Å². The third kappa shape index (κ3) is 5.88. The summed E-state index contributed by atoms with van der Waals surface area (Å²) in [6.07, 6.45) is -11.8. The number of allylic oxidation sites excluding steroid dienone is 1. The van der Waals surface area contributed by atoms with Gasteiger partial charge >= 0.3 is 0 Å². The number of rotatable bonds is 9. The molecule has 0 saturated carbocycles. The molecule has 2 aliphatic rings. The first-order valence-corrected chi connectivity index (χ1v) is 11.2. The van der Waals surface area contributed by atoms with Crippen LogP contribution in [0, 0.1) is 0 Å². The molecule has 0 radical (unpaired) electrons. The van der Waals surface area contributed by atoms with Crippen molar-refractivity contribution in [3.63, 3.8) is 0 Å². The molecule has 2 fully saturated rings.